The van der Waals surface area contributed by atoms with E-state index in [9.17, 15) is 86.1 Å². The minimum absolute atomic E-state index is 0.835. The average molecular weight is 931 g/mol. The number of aliphatic carboxylic acids is 1. The van der Waals surface area contributed by atoms with Gasteiger partial charge in [-0.15, -0.1) is 0 Å². The second-order valence-electron chi connectivity index (χ2n) is 11.4. The fourth-order valence-electron chi connectivity index (χ4n) is 5.35. The van der Waals surface area contributed by atoms with Crippen LogP contribution in [-0.2, 0) is 97.6 Å². The summed E-state index contributed by atoms with van der Waals surface area (Å²) in [5, 5.41) is 53.3. The zero-order valence-corrected chi connectivity index (χ0v) is 31.3. The zero-order chi connectivity index (χ0) is 42.9. The third-order valence-electron chi connectivity index (χ3n) is 7.52. The summed E-state index contributed by atoms with van der Waals surface area (Å²) in [6, 6.07) is -4.60. The predicted octanol–water partition coefficient (Wildman–Crippen LogP) is -8.55. The Morgan fingerprint density at radius 2 is 1.04 bits per heavy atom. The van der Waals surface area contributed by atoms with E-state index in [0.29, 0.717) is 0 Å². The van der Waals surface area contributed by atoms with E-state index in [0.717, 1.165) is 7.11 Å². The monoisotopic (exact) mass is 930 g/mol. The minimum atomic E-state index is -5.83. The first kappa shape index (κ1) is 48.8. The Morgan fingerprint density at radius 1 is 0.571 bits per heavy atom. The van der Waals surface area contributed by atoms with E-state index in [4.69, 9.17) is 37.5 Å². The molecule has 0 radical (unpaired) electrons. The number of aliphatic hydroxyl groups excluding tert-OH is 4. The first-order valence-electron chi connectivity index (χ1n) is 14.4. The molecule has 3 aliphatic rings. The highest BCUT2D eigenvalue weighted by Crippen LogP contribution is 2.35. The molecule has 37 heteroatoms. The number of nitrogens with one attached hydrogen (secondary N) is 2. The third-order valence-corrected chi connectivity index (χ3v) is 9.99. The van der Waals surface area contributed by atoms with E-state index in [1.54, 1.807) is 0 Å². The summed E-state index contributed by atoms with van der Waals surface area (Å²) >= 11 is 0. The van der Waals surface area contributed by atoms with E-state index in [2.05, 4.69) is 12.5 Å². The van der Waals surface area contributed by atoms with Gasteiger partial charge in [-0.3, -0.25) is 22.8 Å². The van der Waals surface area contributed by atoms with Gasteiger partial charge >= 0.3 is 57.8 Å². The van der Waals surface area contributed by atoms with Crippen LogP contribution in [0.4, 0.5) is 0 Å². The van der Waals surface area contributed by atoms with Crippen LogP contribution in [0.25, 0.3) is 0 Å². The molecule has 56 heavy (non-hydrogen) atoms. The first-order chi connectivity index (χ1) is 25.3. The van der Waals surface area contributed by atoms with Crippen molar-refractivity contribution in [2.45, 2.75) is 92.0 Å². The lowest BCUT2D eigenvalue weighted by molar-refractivity contribution is -0.358. The lowest BCUT2D eigenvalue weighted by Gasteiger charge is -2.48. The summed E-state index contributed by atoms with van der Waals surface area (Å²) in [5.74, 6) is -2.22. The molecule has 0 unspecified atom stereocenters. The highest BCUT2D eigenvalue weighted by atomic mass is 32.3. The number of carboxylic acid groups (broad SMARTS) is 1. The van der Waals surface area contributed by atoms with Crippen molar-refractivity contribution in [3.8, 4) is 0 Å². The lowest BCUT2D eigenvalue weighted by atomic mass is 9.95. The predicted molar refractivity (Wildman–Crippen MR) is 163 cm³/mol. The van der Waals surface area contributed by atoms with Gasteiger partial charge in [0.1, 0.15) is 60.9 Å². The first-order valence-corrected chi connectivity index (χ1v) is 21.4. The van der Waals surface area contributed by atoms with Gasteiger partial charge in [0.25, 0.3) is 0 Å². The second-order valence-corrected chi connectivity index (χ2v) is 17.0. The molecule has 32 nitrogen and oxygen atoms in total. The summed E-state index contributed by atoms with van der Waals surface area (Å²) in [6.45, 7) is -2.78. The Labute approximate surface area is 315 Å². The number of methoxy groups -OCH3 is 1. The number of aliphatic hydroxyl groups is 4. The van der Waals surface area contributed by atoms with Crippen molar-refractivity contribution in [2.75, 3.05) is 20.3 Å². The molecular formula is C19H34N2O30S5. The molecule has 3 heterocycles. The molecule has 0 spiro atoms. The van der Waals surface area contributed by atoms with Crippen molar-refractivity contribution < 1.29 is 136 Å². The molecule has 3 saturated heterocycles. The van der Waals surface area contributed by atoms with Crippen LogP contribution < -0.4 is 9.44 Å². The molecule has 12 N–H and O–H groups in total. The summed E-state index contributed by atoms with van der Waals surface area (Å²) in [5.41, 5.74) is 0. The van der Waals surface area contributed by atoms with Crippen molar-refractivity contribution >= 4 is 57.8 Å². The second kappa shape index (κ2) is 18.4. The summed E-state index contributed by atoms with van der Waals surface area (Å²) in [6.07, 6.45) is -32.6. The van der Waals surface area contributed by atoms with Crippen LogP contribution in [0.5, 0.6) is 0 Å². The van der Waals surface area contributed by atoms with Crippen LogP contribution in [0.1, 0.15) is 0 Å². The number of hydrogen-bond donors (Lipinski definition) is 12. The minimum Gasteiger partial charge on any atom is -0.479 e. The summed E-state index contributed by atoms with van der Waals surface area (Å²) in [7, 11) is -26.4. The average Bonchev–Trinajstić information content (AvgIpc) is 3.01. The van der Waals surface area contributed by atoms with E-state index in [-0.39, 0.29) is 0 Å². The zero-order valence-electron chi connectivity index (χ0n) is 27.3. The van der Waals surface area contributed by atoms with Gasteiger partial charge in [-0.1, -0.05) is 0 Å². The largest absolute Gasteiger partial charge is 0.479 e. The van der Waals surface area contributed by atoms with Crippen LogP contribution in [-0.4, -0.2) is 209 Å². The Bertz CT molecular complexity index is 1920. The molecule has 3 rings (SSSR count). The summed E-state index contributed by atoms with van der Waals surface area (Å²) in [4.78, 5) is 12.4. The van der Waals surface area contributed by atoms with Crippen molar-refractivity contribution in [3.05, 3.63) is 0 Å². The standard InChI is InChI=1S/C19H34N2O30S5/c1-43-17-7(21-53(31,32)33)10(24)12(5(47-17)3-45-55(37,38)39)48-19-14(51-56(40,41)42)11(25)13(15(50-19)16(26)27)49-18-6(20-52(28,29)30)9(23)8(22)4(46-18)2-44-54(34,35)36/h4-15,17-25H,2-3H2,1H3,(H,26,27)(H,28,29,30)(H,31,32,33)(H,34,35,36)(H,37,38,39)(H,40,41,42)/t4-,5-,6-,7-,8-,9-,10-,11+,12-,13+,14-,15-,17+,18-,19-/m1/s1. The molecule has 0 bridgehead atoms. The summed E-state index contributed by atoms with van der Waals surface area (Å²) < 4.78 is 208. The van der Waals surface area contributed by atoms with Crippen LogP contribution in [0.15, 0.2) is 0 Å². The van der Waals surface area contributed by atoms with E-state index >= 15 is 0 Å². The number of hydrogen-bond acceptors (Lipinski definition) is 24. The fourth-order valence-corrected chi connectivity index (χ4v) is 7.64. The number of carboxylic acids is 1. The molecule has 0 saturated carbocycles. The number of ether oxygens (including phenoxy) is 6. The van der Waals surface area contributed by atoms with E-state index in [1.807, 2.05) is 0 Å². The molecule has 0 aromatic carbocycles. The van der Waals surface area contributed by atoms with Gasteiger partial charge in [-0.25, -0.2) is 17.3 Å². The molecule has 15 atom stereocenters. The van der Waals surface area contributed by atoms with Crippen molar-refractivity contribution in [1.29, 1.82) is 0 Å². The highest BCUT2D eigenvalue weighted by molar-refractivity contribution is 7.84. The van der Waals surface area contributed by atoms with Gasteiger partial charge in [-0.2, -0.15) is 51.5 Å². The molecule has 3 aliphatic heterocycles. The number of carbonyl (C=O) groups is 1. The van der Waals surface area contributed by atoms with Crippen molar-refractivity contribution in [2.24, 2.45) is 0 Å². The van der Waals surface area contributed by atoms with Gasteiger partial charge < -0.3 is 54.0 Å². The highest BCUT2D eigenvalue weighted by Gasteiger charge is 2.58. The maximum Gasteiger partial charge on any atom is 0.397 e. The normalized spacial score (nSPS) is 37.9. The van der Waals surface area contributed by atoms with Crippen molar-refractivity contribution in [3.63, 3.8) is 0 Å². The van der Waals surface area contributed by atoms with Gasteiger partial charge in [0.15, 0.2) is 31.1 Å². The van der Waals surface area contributed by atoms with Crippen LogP contribution in [0.3, 0.4) is 0 Å². The molecule has 3 fully saturated rings. The lowest BCUT2D eigenvalue weighted by Crippen LogP contribution is -2.70. The third kappa shape index (κ3) is 14.0. The molecule has 0 aromatic rings. The maximum absolute atomic E-state index is 12.4. The van der Waals surface area contributed by atoms with E-state index in [1.165, 1.54) is 9.44 Å². The number of rotatable bonds is 18. The van der Waals surface area contributed by atoms with Crippen LogP contribution in [0.2, 0.25) is 0 Å². The van der Waals surface area contributed by atoms with Crippen LogP contribution in [0, 0.1) is 0 Å². The fraction of sp³-hybridized carbons (Fsp3) is 0.947. The smallest absolute Gasteiger partial charge is 0.397 e. The van der Waals surface area contributed by atoms with Crippen molar-refractivity contribution in [1.82, 2.24) is 9.44 Å². The van der Waals surface area contributed by atoms with Gasteiger partial charge in [0, 0.05) is 7.11 Å². The topological polar surface area (TPSA) is 497 Å². The van der Waals surface area contributed by atoms with Gasteiger partial charge in [0.05, 0.1) is 13.2 Å². The Morgan fingerprint density at radius 3 is 1.48 bits per heavy atom. The van der Waals surface area contributed by atoms with Gasteiger partial charge in [-0.05, 0) is 0 Å². The van der Waals surface area contributed by atoms with Gasteiger partial charge in [0.2, 0.25) is 0 Å². The quantitative estimate of drug-likeness (QED) is 0.0568. The Kier molecular flexibility index (Phi) is 16.0. The molecule has 0 amide bonds. The molecule has 0 aromatic heterocycles. The Hall–Kier alpha value is -1.58. The van der Waals surface area contributed by atoms with Crippen LogP contribution >= 0.6 is 0 Å². The molecule has 330 valence electrons. The maximum atomic E-state index is 12.4. The Balaban J connectivity index is 2.09. The molecular weight excluding hydrogens is 897 g/mol. The SMILES string of the molecule is CO[C@H]1O[C@H](COS(=O)(=O)O)[C@@H](O[C@@H]2O[C@@H](C(=O)O)[C@@H](O[C@H]3O[C@H](COS(=O)(=O)O)[C@@H](O)[C@H](O)[C@H]3NS(=O)(=O)O)[C@H](O)[C@H]2OS(=O)(=O)O)[C@H](O)[C@H]1NS(=O)(=O)O. The molecule has 0 aliphatic carbocycles. The van der Waals surface area contributed by atoms with E-state index < -0.39 is 163 Å².